The summed E-state index contributed by atoms with van der Waals surface area (Å²) in [6.07, 6.45) is -2.92. The Hall–Kier alpha value is -1.49. The lowest BCUT2D eigenvalue weighted by Crippen LogP contribution is -2.37. The summed E-state index contributed by atoms with van der Waals surface area (Å²) < 4.78 is 30.1. The number of halogens is 2. The van der Waals surface area contributed by atoms with Crippen molar-refractivity contribution in [1.29, 1.82) is 0 Å². The number of hydrogen-bond acceptors (Lipinski definition) is 3. The molecule has 0 amide bonds. The number of hydrogen-bond donors (Lipinski definition) is 1. The highest BCUT2D eigenvalue weighted by Gasteiger charge is 2.23. The van der Waals surface area contributed by atoms with Crippen LogP contribution in [0.5, 0.6) is 0 Å². The van der Waals surface area contributed by atoms with E-state index in [-0.39, 0.29) is 13.0 Å². The Bertz CT molecular complexity index is 357. The summed E-state index contributed by atoms with van der Waals surface area (Å²) in [7, 11) is 0. The Kier molecular flexibility index (Phi) is 6.28. The van der Waals surface area contributed by atoms with Gasteiger partial charge in [-0.15, -0.1) is 0 Å². The largest absolute Gasteiger partial charge is 0.466 e. The van der Waals surface area contributed by atoms with E-state index in [1.54, 1.807) is 6.92 Å². The van der Waals surface area contributed by atoms with Crippen molar-refractivity contribution in [1.82, 2.24) is 5.32 Å². The van der Waals surface area contributed by atoms with Crippen LogP contribution in [0.25, 0.3) is 0 Å². The van der Waals surface area contributed by atoms with Gasteiger partial charge in [0.05, 0.1) is 19.1 Å². The van der Waals surface area contributed by atoms with E-state index in [4.69, 9.17) is 0 Å². The molecule has 0 aromatic heterocycles. The van der Waals surface area contributed by atoms with Crippen LogP contribution in [0.3, 0.4) is 0 Å². The molecule has 3 nitrogen and oxygen atoms in total. The van der Waals surface area contributed by atoms with Crippen molar-refractivity contribution in [3.8, 4) is 0 Å². The second-order valence-corrected chi connectivity index (χ2v) is 3.82. The maximum Gasteiger partial charge on any atom is 0.307 e. The molecule has 0 saturated heterocycles. The summed E-state index contributed by atoms with van der Waals surface area (Å²) in [6, 6.07) is 8.01. The van der Waals surface area contributed by atoms with Crippen LogP contribution in [0.2, 0.25) is 0 Å². The van der Waals surface area contributed by atoms with Crippen molar-refractivity contribution in [3.63, 3.8) is 0 Å². The summed E-state index contributed by atoms with van der Waals surface area (Å²) in [4.78, 5) is 11.2. The van der Waals surface area contributed by atoms with Gasteiger partial charge in [0, 0.05) is 6.54 Å². The van der Waals surface area contributed by atoms with Gasteiger partial charge in [-0.05, 0) is 12.5 Å². The average molecular weight is 257 g/mol. The Labute approximate surface area is 105 Å². The molecule has 5 heteroatoms. The highest BCUT2D eigenvalue weighted by atomic mass is 19.3. The minimum Gasteiger partial charge on any atom is -0.466 e. The van der Waals surface area contributed by atoms with Crippen molar-refractivity contribution < 1.29 is 18.3 Å². The number of ether oxygens (including phenoxy) is 1. The third-order valence-electron chi connectivity index (χ3n) is 2.41. The third kappa shape index (κ3) is 5.23. The Morgan fingerprint density at radius 1 is 1.33 bits per heavy atom. The van der Waals surface area contributed by atoms with Crippen molar-refractivity contribution in [2.24, 2.45) is 0 Å². The molecule has 1 aromatic carbocycles. The Balaban J connectivity index is 2.46. The number of rotatable bonds is 7. The van der Waals surface area contributed by atoms with Crippen LogP contribution in [0.15, 0.2) is 30.3 Å². The molecule has 0 bridgehead atoms. The first-order chi connectivity index (χ1) is 8.63. The second kappa shape index (κ2) is 7.76. The Morgan fingerprint density at radius 2 is 2.00 bits per heavy atom. The van der Waals surface area contributed by atoms with Gasteiger partial charge in [-0.1, -0.05) is 30.3 Å². The van der Waals surface area contributed by atoms with Crippen LogP contribution in [-0.2, 0) is 16.1 Å². The molecule has 0 aliphatic heterocycles. The van der Waals surface area contributed by atoms with Gasteiger partial charge in [0.25, 0.3) is 6.43 Å². The molecule has 1 aromatic rings. The van der Waals surface area contributed by atoms with Crippen molar-refractivity contribution in [2.75, 3.05) is 6.61 Å². The van der Waals surface area contributed by atoms with E-state index in [9.17, 15) is 13.6 Å². The van der Waals surface area contributed by atoms with Crippen LogP contribution in [0, 0.1) is 0 Å². The van der Waals surface area contributed by atoms with Crippen LogP contribution in [0.1, 0.15) is 18.9 Å². The van der Waals surface area contributed by atoms with Crippen molar-refractivity contribution in [2.45, 2.75) is 32.4 Å². The van der Waals surface area contributed by atoms with Crippen LogP contribution >= 0.6 is 0 Å². The topological polar surface area (TPSA) is 38.3 Å². The minimum absolute atomic E-state index is 0.202. The maximum atomic E-state index is 12.7. The van der Waals surface area contributed by atoms with E-state index in [0.717, 1.165) is 5.56 Å². The van der Waals surface area contributed by atoms with Gasteiger partial charge >= 0.3 is 5.97 Å². The molecular formula is C13H17F2NO2. The first-order valence-electron chi connectivity index (χ1n) is 5.84. The van der Waals surface area contributed by atoms with E-state index in [2.05, 4.69) is 10.1 Å². The van der Waals surface area contributed by atoms with Gasteiger partial charge in [0.1, 0.15) is 0 Å². The zero-order valence-corrected chi connectivity index (χ0v) is 10.2. The lowest BCUT2D eigenvalue weighted by molar-refractivity contribution is -0.144. The first kappa shape index (κ1) is 14.6. The number of nitrogens with one attached hydrogen (secondary N) is 1. The summed E-state index contributed by atoms with van der Waals surface area (Å²) >= 11 is 0. The molecule has 0 saturated carbocycles. The standard InChI is InChI=1S/C13H17F2NO2/c1-2-18-12(17)8-11(13(14)15)16-9-10-6-4-3-5-7-10/h3-7,11,13,16H,2,8-9H2,1H3. The number of carbonyl (C=O) groups is 1. The first-order valence-corrected chi connectivity index (χ1v) is 5.84. The smallest absolute Gasteiger partial charge is 0.307 e. The van der Waals surface area contributed by atoms with E-state index in [0.29, 0.717) is 6.54 Å². The minimum atomic E-state index is -2.60. The molecule has 18 heavy (non-hydrogen) atoms. The quantitative estimate of drug-likeness (QED) is 0.762. The zero-order valence-electron chi connectivity index (χ0n) is 10.2. The molecule has 0 aliphatic carbocycles. The van der Waals surface area contributed by atoms with Gasteiger partial charge in [-0.25, -0.2) is 8.78 Å². The second-order valence-electron chi connectivity index (χ2n) is 3.82. The normalized spacial score (nSPS) is 12.4. The molecule has 1 rings (SSSR count). The predicted molar refractivity (Wildman–Crippen MR) is 64.3 cm³/mol. The summed E-state index contributed by atoms with van der Waals surface area (Å²) in [5.41, 5.74) is 0.895. The molecule has 1 atom stereocenters. The fourth-order valence-corrected chi connectivity index (χ4v) is 1.49. The average Bonchev–Trinajstić information content (AvgIpc) is 2.35. The summed E-state index contributed by atoms with van der Waals surface area (Å²) in [6.45, 7) is 2.15. The Morgan fingerprint density at radius 3 is 2.56 bits per heavy atom. The summed E-state index contributed by atoms with van der Waals surface area (Å²) in [5, 5.41) is 2.67. The predicted octanol–water partition coefficient (Wildman–Crippen LogP) is 2.36. The van der Waals surface area contributed by atoms with Gasteiger partial charge in [-0.2, -0.15) is 0 Å². The van der Waals surface area contributed by atoms with E-state index >= 15 is 0 Å². The van der Waals surface area contributed by atoms with Gasteiger partial charge in [-0.3, -0.25) is 4.79 Å². The monoisotopic (exact) mass is 257 g/mol. The number of esters is 1. The lowest BCUT2D eigenvalue weighted by Gasteiger charge is -2.17. The summed E-state index contributed by atoms with van der Waals surface area (Å²) in [5.74, 6) is -0.608. The maximum absolute atomic E-state index is 12.7. The van der Waals surface area contributed by atoms with Crippen molar-refractivity contribution in [3.05, 3.63) is 35.9 Å². The van der Waals surface area contributed by atoms with E-state index in [1.807, 2.05) is 30.3 Å². The van der Waals surface area contributed by atoms with Crippen LogP contribution < -0.4 is 5.32 Å². The highest BCUT2D eigenvalue weighted by molar-refractivity contribution is 5.70. The lowest BCUT2D eigenvalue weighted by atomic mass is 10.2. The molecule has 100 valence electrons. The van der Waals surface area contributed by atoms with Crippen LogP contribution in [-0.4, -0.2) is 25.0 Å². The number of carbonyl (C=O) groups excluding carboxylic acids is 1. The van der Waals surface area contributed by atoms with Crippen molar-refractivity contribution >= 4 is 5.97 Å². The van der Waals surface area contributed by atoms with Gasteiger partial charge in [0.15, 0.2) is 0 Å². The molecule has 0 radical (unpaired) electrons. The third-order valence-corrected chi connectivity index (χ3v) is 2.41. The fourth-order valence-electron chi connectivity index (χ4n) is 1.49. The van der Waals surface area contributed by atoms with E-state index in [1.165, 1.54) is 0 Å². The number of alkyl halides is 2. The molecule has 0 heterocycles. The molecule has 0 aliphatic rings. The molecule has 1 N–H and O–H groups in total. The van der Waals surface area contributed by atoms with Gasteiger partial charge < -0.3 is 10.1 Å². The highest BCUT2D eigenvalue weighted by Crippen LogP contribution is 2.08. The number of benzene rings is 1. The molecular weight excluding hydrogens is 240 g/mol. The molecule has 0 spiro atoms. The van der Waals surface area contributed by atoms with E-state index < -0.39 is 18.4 Å². The molecule has 1 unspecified atom stereocenters. The molecule has 0 fully saturated rings. The fraction of sp³-hybridized carbons (Fsp3) is 0.462. The van der Waals surface area contributed by atoms with Crippen LogP contribution in [0.4, 0.5) is 8.78 Å². The SMILES string of the molecule is CCOC(=O)CC(NCc1ccccc1)C(F)F. The zero-order chi connectivity index (χ0) is 13.4. The van der Waals surface area contributed by atoms with Gasteiger partial charge in [0.2, 0.25) is 0 Å².